The topological polar surface area (TPSA) is 38.3 Å². The zero-order valence-electron chi connectivity index (χ0n) is 8.79. The predicted molar refractivity (Wildman–Crippen MR) is 56.1 cm³/mol. The monoisotopic (exact) mass is 211 g/mol. The van der Waals surface area contributed by atoms with Crippen LogP contribution in [-0.2, 0) is 9.53 Å². The normalized spacial score (nSPS) is 11.9. The molecule has 0 spiro atoms. The summed E-state index contributed by atoms with van der Waals surface area (Å²) in [5.74, 6) is -0.619. The van der Waals surface area contributed by atoms with Gasteiger partial charge in [-0.2, -0.15) is 0 Å². The number of nitrogens with one attached hydrogen (secondary N) is 1. The summed E-state index contributed by atoms with van der Waals surface area (Å²) < 4.78 is 17.4. The molecule has 1 aromatic rings. The van der Waals surface area contributed by atoms with Gasteiger partial charge in [0.2, 0.25) is 0 Å². The van der Waals surface area contributed by atoms with Gasteiger partial charge in [0.25, 0.3) is 0 Å². The lowest BCUT2D eigenvalue weighted by atomic mass is 10.2. The first-order valence-electron chi connectivity index (χ1n) is 4.82. The van der Waals surface area contributed by atoms with Gasteiger partial charge in [0, 0.05) is 5.69 Å². The van der Waals surface area contributed by atoms with Gasteiger partial charge < -0.3 is 10.1 Å². The van der Waals surface area contributed by atoms with Crippen molar-refractivity contribution >= 4 is 11.7 Å². The van der Waals surface area contributed by atoms with Crippen LogP contribution in [0, 0.1) is 5.82 Å². The van der Waals surface area contributed by atoms with Crippen molar-refractivity contribution in [1.82, 2.24) is 0 Å². The summed E-state index contributed by atoms with van der Waals surface area (Å²) in [5, 5.41) is 2.91. The van der Waals surface area contributed by atoms with Crippen molar-refractivity contribution in [1.29, 1.82) is 0 Å². The molecule has 0 unspecified atom stereocenters. The number of ether oxygens (including phenoxy) is 1. The Morgan fingerprint density at radius 1 is 1.47 bits per heavy atom. The molecule has 82 valence electrons. The van der Waals surface area contributed by atoms with Crippen LogP contribution < -0.4 is 5.32 Å². The number of anilines is 1. The molecule has 0 fully saturated rings. The summed E-state index contributed by atoms with van der Waals surface area (Å²) in [4.78, 5) is 11.3. The van der Waals surface area contributed by atoms with E-state index in [4.69, 9.17) is 4.74 Å². The van der Waals surface area contributed by atoms with Gasteiger partial charge in [0.15, 0.2) is 0 Å². The highest BCUT2D eigenvalue weighted by molar-refractivity contribution is 5.78. The number of halogens is 1. The largest absolute Gasteiger partial charge is 0.464 e. The smallest absolute Gasteiger partial charge is 0.328 e. The van der Waals surface area contributed by atoms with Gasteiger partial charge in [-0.1, -0.05) is 0 Å². The maximum absolute atomic E-state index is 12.6. The van der Waals surface area contributed by atoms with Crippen LogP contribution in [0.5, 0.6) is 0 Å². The van der Waals surface area contributed by atoms with Crippen LogP contribution in [0.2, 0.25) is 0 Å². The minimum atomic E-state index is -0.435. The fourth-order valence-corrected chi connectivity index (χ4v) is 1.12. The Balaban J connectivity index is 2.54. The van der Waals surface area contributed by atoms with E-state index in [1.165, 1.54) is 12.1 Å². The summed E-state index contributed by atoms with van der Waals surface area (Å²) in [6.45, 7) is 3.80. The van der Waals surface area contributed by atoms with E-state index in [1.54, 1.807) is 26.0 Å². The standard InChI is InChI=1S/C11H14FNO2/c1-3-15-11(14)8(2)13-10-6-4-9(12)5-7-10/h4-8,13H,3H2,1-2H3/t8-/m1/s1. The van der Waals surface area contributed by atoms with Crippen LogP contribution in [0.1, 0.15) is 13.8 Å². The Morgan fingerprint density at radius 3 is 2.60 bits per heavy atom. The van der Waals surface area contributed by atoms with Crippen LogP contribution in [0.4, 0.5) is 10.1 Å². The first kappa shape index (κ1) is 11.5. The average Bonchev–Trinajstić information content (AvgIpc) is 2.22. The number of hydrogen-bond acceptors (Lipinski definition) is 3. The first-order valence-corrected chi connectivity index (χ1v) is 4.82. The molecule has 4 heteroatoms. The van der Waals surface area contributed by atoms with Crippen molar-refractivity contribution < 1.29 is 13.9 Å². The molecule has 0 radical (unpaired) electrons. The molecule has 0 saturated carbocycles. The maximum atomic E-state index is 12.6. The predicted octanol–water partition coefficient (Wildman–Crippen LogP) is 2.19. The quantitative estimate of drug-likeness (QED) is 0.776. The van der Waals surface area contributed by atoms with Gasteiger partial charge in [-0.3, -0.25) is 0 Å². The highest BCUT2D eigenvalue weighted by Gasteiger charge is 2.12. The second-order valence-electron chi connectivity index (χ2n) is 3.12. The maximum Gasteiger partial charge on any atom is 0.328 e. The van der Waals surface area contributed by atoms with Gasteiger partial charge >= 0.3 is 5.97 Å². The van der Waals surface area contributed by atoms with Gasteiger partial charge in [-0.15, -0.1) is 0 Å². The lowest BCUT2D eigenvalue weighted by Gasteiger charge is -2.13. The molecule has 0 aromatic heterocycles. The fourth-order valence-electron chi connectivity index (χ4n) is 1.12. The van der Waals surface area contributed by atoms with Gasteiger partial charge in [-0.05, 0) is 38.1 Å². The van der Waals surface area contributed by atoms with E-state index < -0.39 is 6.04 Å². The molecule has 0 aliphatic heterocycles. The highest BCUT2D eigenvalue weighted by Crippen LogP contribution is 2.09. The van der Waals surface area contributed by atoms with Crippen LogP contribution in [0.3, 0.4) is 0 Å². The third kappa shape index (κ3) is 3.58. The number of hydrogen-bond donors (Lipinski definition) is 1. The second-order valence-corrected chi connectivity index (χ2v) is 3.12. The van der Waals surface area contributed by atoms with Crippen LogP contribution in [-0.4, -0.2) is 18.6 Å². The van der Waals surface area contributed by atoms with Gasteiger partial charge in [0.05, 0.1) is 6.61 Å². The van der Waals surface area contributed by atoms with Crippen molar-refractivity contribution in [3.05, 3.63) is 30.1 Å². The molecule has 0 bridgehead atoms. The van der Waals surface area contributed by atoms with Crippen molar-refractivity contribution in [2.24, 2.45) is 0 Å². The number of benzene rings is 1. The molecule has 1 atom stereocenters. The van der Waals surface area contributed by atoms with Gasteiger partial charge in [-0.25, -0.2) is 9.18 Å². The molecule has 0 saturated heterocycles. The third-order valence-corrected chi connectivity index (χ3v) is 1.87. The molecule has 1 rings (SSSR count). The van der Waals surface area contributed by atoms with E-state index in [0.717, 1.165) is 0 Å². The average molecular weight is 211 g/mol. The van der Waals surface area contributed by atoms with E-state index in [0.29, 0.717) is 12.3 Å². The Kier molecular flexibility index (Phi) is 4.09. The summed E-state index contributed by atoms with van der Waals surface area (Å²) in [6.07, 6.45) is 0. The number of carbonyl (C=O) groups excluding carboxylic acids is 1. The highest BCUT2D eigenvalue weighted by atomic mass is 19.1. The zero-order chi connectivity index (χ0) is 11.3. The van der Waals surface area contributed by atoms with Crippen LogP contribution >= 0.6 is 0 Å². The summed E-state index contributed by atoms with van der Waals surface area (Å²) in [7, 11) is 0. The molecule has 0 aliphatic carbocycles. The molecule has 0 aliphatic rings. The van der Waals surface area contributed by atoms with E-state index in [-0.39, 0.29) is 11.8 Å². The van der Waals surface area contributed by atoms with Crippen molar-refractivity contribution in [3.8, 4) is 0 Å². The number of esters is 1. The van der Waals surface area contributed by atoms with E-state index in [1.807, 2.05) is 0 Å². The SMILES string of the molecule is CCOC(=O)[C@@H](C)Nc1ccc(F)cc1. The van der Waals surface area contributed by atoms with Gasteiger partial charge in [0.1, 0.15) is 11.9 Å². The van der Waals surface area contributed by atoms with E-state index in [2.05, 4.69) is 5.32 Å². The van der Waals surface area contributed by atoms with E-state index in [9.17, 15) is 9.18 Å². The van der Waals surface area contributed by atoms with E-state index >= 15 is 0 Å². The van der Waals surface area contributed by atoms with Crippen LogP contribution in [0.25, 0.3) is 0 Å². The molecule has 0 amide bonds. The number of carbonyl (C=O) groups is 1. The lowest BCUT2D eigenvalue weighted by Crippen LogP contribution is -2.28. The zero-order valence-corrected chi connectivity index (χ0v) is 8.79. The molecular formula is C11H14FNO2. The lowest BCUT2D eigenvalue weighted by molar-refractivity contribution is -0.143. The summed E-state index contributed by atoms with van der Waals surface area (Å²) in [5.41, 5.74) is 0.692. The molecular weight excluding hydrogens is 197 g/mol. The van der Waals surface area contributed by atoms with Crippen molar-refractivity contribution in [3.63, 3.8) is 0 Å². The fraction of sp³-hybridized carbons (Fsp3) is 0.364. The van der Waals surface area contributed by atoms with Crippen molar-refractivity contribution in [2.45, 2.75) is 19.9 Å². The van der Waals surface area contributed by atoms with Crippen molar-refractivity contribution in [2.75, 3.05) is 11.9 Å². The Morgan fingerprint density at radius 2 is 2.07 bits per heavy atom. The molecule has 15 heavy (non-hydrogen) atoms. The minimum Gasteiger partial charge on any atom is -0.464 e. The first-order chi connectivity index (χ1) is 7.13. The number of rotatable bonds is 4. The summed E-state index contributed by atoms with van der Waals surface area (Å²) in [6, 6.07) is 5.38. The molecule has 3 nitrogen and oxygen atoms in total. The molecule has 1 aromatic carbocycles. The minimum absolute atomic E-state index is 0.302. The second kappa shape index (κ2) is 5.34. The Labute approximate surface area is 88.2 Å². The molecule has 0 heterocycles. The summed E-state index contributed by atoms with van der Waals surface area (Å²) >= 11 is 0. The Bertz CT molecular complexity index is 324. The van der Waals surface area contributed by atoms with Crippen LogP contribution in [0.15, 0.2) is 24.3 Å². The third-order valence-electron chi connectivity index (χ3n) is 1.87. The molecule has 1 N–H and O–H groups in total. The Hall–Kier alpha value is -1.58.